The van der Waals surface area contributed by atoms with Crippen molar-refractivity contribution in [2.45, 2.75) is 117 Å². The molecule has 0 fully saturated rings. The zero-order chi connectivity index (χ0) is 20.2. The highest BCUT2D eigenvalue weighted by molar-refractivity contribution is 5.72. The van der Waals surface area contributed by atoms with E-state index in [0.717, 1.165) is 12.8 Å². The fourth-order valence-corrected chi connectivity index (χ4v) is 2.91. The van der Waals surface area contributed by atoms with Gasteiger partial charge in [-0.1, -0.05) is 91.4 Å². The molecule has 0 rings (SSSR count). The Morgan fingerprint density at radius 3 is 1.56 bits per heavy atom. The number of rotatable bonds is 19. The van der Waals surface area contributed by atoms with E-state index in [0.29, 0.717) is 38.4 Å². The van der Waals surface area contributed by atoms with E-state index in [1.165, 1.54) is 64.2 Å². The number of carbonyl (C=O) groups excluding carboxylic acids is 2. The van der Waals surface area contributed by atoms with Crippen LogP contribution in [-0.4, -0.2) is 25.2 Å². The Bertz CT molecular complexity index is 352. The highest BCUT2D eigenvalue weighted by Crippen LogP contribution is 2.12. The van der Waals surface area contributed by atoms with Gasteiger partial charge in [-0.3, -0.25) is 9.59 Å². The summed E-state index contributed by atoms with van der Waals surface area (Å²) in [6.07, 6.45) is 16.7. The van der Waals surface area contributed by atoms with Crippen LogP contribution in [0.1, 0.15) is 117 Å². The van der Waals surface area contributed by atoms with Gasteiger partial charge in [-0.05, 0) is 18.8 Å². The van der Waals surface area contributed by atoms with Crippen molar-refractivity contribution in [2.24, 2.45) is 5.92 Å². The molecule has 160 valence electrons. The molecule has 0 unspecified atom stereocenters. The van der Waals surface area contributed by atoms with Gasteiger partial charge in [-0.25, -0.2) is 0 Å². The molecule has 0 N–H and O–H groups in total. The lowest BCUT2D eigenvalue weighted by Gasteiger charge is -2.07. The third-order valence-corrected chi connectivity index (χ3v) is 4.60. The molecule has 0 saturated heterocycles. The van der Waals surface area contributed by atoms with Crippen LogP contribution >= 0.6 is 0 Å². The lowest BCUT2D eigenvalue weighted by molar-refractivity contribution is -0.146. The topological polar surface area (TPSA) is 52.6 Å². The molecular formula is C23H44O4. The fourth-order valence-electron chi connectivity index (χ4n) is 2.91. The number of esters is 2. The molecule has 0 aromatic carbocycles. The van der Waals surface area contributed by atoms with Gasteiger partial charge < -0.3 is 9.47 Å². The van der Waals surface area contributed by atoms with Crippen LogP contribution < -0.4 is 0 Å². The van der Waals surface area contributed by atoms with E-state index in [4.69, 9.17) is 9.47 Å². The van der Waals surface area contributed by atoms with E-state index in [2.05, 4.69) is 6.92 Å². The largest absolute Gasteiger partial charge is 0.466 e. The maximum atomic E-state index is 11.6. The van der Waals surface area contributed by atoms with Crippen LogP contribution in [0.2, 0.25) is 0 Å². The van der Waals surface area contributed by atoms with Crippen molar-refractivity contribution in [2.75, 3.05) is 13.2 Å². The predicted molar refractivity (Wildman–Crippen MR) is 112 cm³/mol. The molecule has 0 aliphatic heterocycles. The number of ether oxygens (including phenoxy) is 2. The summed E-state index contributed by atoms with van der Waals surface area (Å²) >= 11 is 0. The molecule has 0 saturated carbocycles. The lowest BCUT2D eigenvalue weighted by Crippen LogP contribution is -2.11. The molecule has 27 heavy (non-hydrogen) atoms. The molecule has 0 aromatic rings. The summed E-state index contributed by atoms with van der Waals surface area (Å²) in [6.45, 7) is 7.21. The molecule has 0 aliphatic carbocycles. The van der Waals surface area contributed by atoms with Crippen LogP contribution in [0.3, 0.4) is 0 Å². The summed E-state index contributed by atoms with van der Waals surface area (Å²) in [6, 6.07) is 0. The number of hydrogen-bond acceptors (Lipinski definition) is 4. The van der Waals surface area contributed by atoms with Gasteiger partial charge >= 0.3 is 11.9 Å². The minimum Gasteiger partial charge on any atom is -0.466 e. The Labute approximate surface area is 167 Å². The van der Waals surface area contributed by atoms with Gasteiger partial charge in [0.25, 0.3) is 0 Å². The van der Waals surface area contributed by atoms with Gasteiger partial charge in [-0.15, -0.1) is 0 Å². The molecule has 0 aliphatic rings. The molecule has 0 bridgehead atoms. The number of carbonyl (C=O) groups is 2. The Balaban J connectivity index is 3.26. The second-order valence-corrected chi connectivity index (χ2v) is 8.04. The van der Waals surface area contributed by atoms with E-state index in [1.54, 1.807) is 0 Å². The Hall–Kier alpha value is -1.06. The van der Waals surface area contributed by atoms with Crippen molar-refractivity contribution in [3.63, 3.8) is 0 Å². The Kier molecular flexibility index (Phi) is 18.9. The monoisotopic (exact) mass is 384 g/mol. The molecule has 4 nitrogen and oxygen atoms in total. The number of unbranched alkanes of at least 4 members (excludes halogenated alkanes) is 11. The first-order chi connectivity index (χ1) is 13.1. The molecule has 0 aromatic heterocycles. The van der Waals surface area contributed by atoms with Gasteiger partial charge in [0.15, 0.2) is 0 Å². The normalized spacial score (nSPS) is 11.0. The molecule has 0 spiro atoms. The van der Waals surface area contributed by atoms with Crippen molar-refractivity contribution in [3.8, 4) is 0 Å². The average molecular weight is 385 g/mol. The minimum atomic E-state index is -0.225. The van der Waals surface area contributed by atoms with Crippen LogP contribution in [0.25, 0.3) is 0 Å². The third kappa shape index (κ3) is 21.1. The van der Waals surface area contributed by atoms with Crippen LogP contribution in [0.5, 0.6) is 0 Å². The summed E-state index contributed by atoms with van der Waals surface area (Å²) in [5.74, 6) is -0.0818. The lowest BCUT2D eigenvalue weighted by atomic mass is 10.1. The summed E-state index contributed by atoms with van der Waals surface area (Å²) in [5.41, 5.74) is 0. The van der Waals surface area contributed by atoms with Crippen molar-refractivity contribution in [1.29, 1.82) is 0 Å². The van der Waals surface area contributed by atoms with E-state index in [1.807, 2.05) is 13.8 Å². The van der Waals surface area contributed by atoms with Gasteiger partial charge in [0, 0.05) is 12.8 Å². The van der Waals surface area contributed by atoms with Crippen molar-refractivity contribution < 1.29 is 19.1 Å². The molecule has 0 heterocycles. The highest BCUT2D eigenvalue weighted by atomic mass is 16.5. The molecule has 0 atom stereocenters. The first-order valence-electron chi connectivity index (χ1n) is 11.4. The van der Waals surface area contributed by atoms with Crippen LogP contribution in [0, 0.1) is 5.92 Å². The summed E-state index contributed by atoms with van der Waals surface area (Å²) in [5, 5.41) is 0. The predicted octanol–water partition coefficient (Wildman–Crippen LogP) is 6.60. The Morgan fingerprint density at radius 1 is 0.630 bits per heavy atom. The quantitative estimate of drug-likeness (QED) is 0.186. The van der Waals surface area contributed by atoms with Gasteiger partial charge in [0.2, 0.25) is 0 Å². The Morgan fingerprint density at radius 2 is 1.07 bits per heavy atom. The first kappa shape index (κ1) is 25.9. The van der Waals surface area contributed by atoms with Gasteiger partial charge in [-0.2, -0.15) is 0 Å². The summed E-state index contributed by atoms with van der Waals surface area (Å²) < 4.78 is 10.3. The van der Waals surface area contributed by atoms with Crippen molar-refractivity contribution in [3.05, 3.63) is 0 Å². The van der Waals surface area contributed by atoms with Crippen molar-refractivity contribution >= 4 is 11.9 Å². The SMILES string of the molecule is CCCCCCCCCCCCCCOC(=O)CCCC(=O)OCC(C)C. The zero-order valence-electron chi connectivity index (χ0n) is 18.2. The van der Waals surface area contributed by atoms with E-state index >= 15 is 0 Å². The second-order valence-electron chi connectivity index (χ2n) is 8.04. The fraction of sp³-hybridized carbons (Fsp3) is 0.913. The minimum absolute atomic E-state index is 0.199. The van der Waals surface area contributed by atoms with Crippen molar-refractivity contribution in [1.82, 2.24) is 0 Å². The smallest absolute Gasteiger partial charge is 0.305 e. The van der Waals surface area contributed by atoms with E-state index < -0.39 is 0 Å². The maximum absolute atomic E-state index is 11.6. The van der Waals surface area contributed by atoms with Crippen LogP contribution in [0.15, 0.2) is 0 Å². The molecule has 0 amide bonds. The standard InChI is InChI=1S/C23H44O4/c1-4-5-6-7-8-9-10-11-12-13-14-15-19-26-22(24)17-16-18-23(25)27-20-21(2)3/h21H,4-20H2,1-3H3. The average Bonchev–Trinajstić information content (AvgIpc) is 2.63. The zero-order valence-corrected chi connectivity index (χ0v) is 18.2. The van der Waals surface area contributed by atoms with E-state index in [9.17, 15) is 9.59 Å². The van der Waals surface area contributed by atoms with Crippen LogP contribution in [-0.2, 0) is 19.1 Å². The number of hydrogen-bond donors (Lipinski definition) is 0. The van der Waals surface area contributed by atoms with E-state index in [-0.39, 0.29) is 11.9 Å². The third-order valence-electron chi connectivity index (χ3n) is 4.60. The van der Waals surface area contributed by atoms with Gasteiger partial charge in [0.05, 0.1) is 13.2 Å². The molecular weight excluding hydrogens is 340 g/mol. The highest BCUT2D eigenvalue weighted by Gasteiger charge is 2.08. The maximum Gasteiger partial charge on any atom is 0.305 e. The molecule has 4 heteroatoms. The summed E-state index contributed by atoms with van der Waals surface area (Å²) in [7, 11) is 0. The van der Waals surface area contributed by atoms with Crippen LogP contribution in [0.4, 0.5) is 0 Å². The first-order valence-corrected chi connectivity index (χ1v) is 11.4. The van der Waals surface area contributed by atoms with Gasteiger partial charge in [0.1, 0.15) is 0 Å². The summed E-state index contributed by atoms with van der Waals surface area (Å²) in [4.78, 5) is 23.1. The second kappa shape index (κ2) is 19.7. The molecule has 0 radical (unpaired) electrons.